The van der Waals surface area contributed by atoms with E-state index in [1.807, 2.05) is 60.8 Å². The number of halogens is 1. The second-order valence-corrected chi connectivity index (χ2v) is 12.0. The molecule has 1 saturated heterocycles. The Balaban J connectivity index is 1.43. The maximum atomic E-state index is 13.9. The maximum Gasteiger partial charge on any atom is 0.301 e. The molecule has 1 fully saturated rings. The molecule has 0 saturated carbocycles. The molecule has 4 heterocycles. The number of carbonyl (C=O) groups excluding carboxylic acids is 2. The number of aromatic nitrogens is 4. The quantitative estimate of drug-likeness (QED) is 0.0836. The van der Waals surface area contributed by atoms with Gasteiger partial charge in [-0.05, 0) is 55.7 Å². The fraction of sp³-hybridized carbons (Fsp3) is 0.167. The van der Waals surface area contributed by atoms with Crippen molar-refractivity contribution in [2.24, 2.45) is 0 Å². The first kappa shape index (κ1) is 26.9. The zero-order chi connectivity index (χ0) is 28.8. The number of aryl methyl sites for hydroxylation is 3. The fourth-order valence-corrected chi connectivity index (χ4v) is 6.68. The van der Waals surface area contributed by atoms with E-state index in [1.54, 1.807) is 6.92 Å². The predicted octanol–water partition coefficient (Wildman–Crippen LogP) is 6.17. The van der Waals surface area contributed by atoms with Gasteiger partial charge in [-0.15, -0.1) is 10.2 Å². The Kier molecular flexibility index (Phi) is 6.92. The van der Waals surface area contributed by atoms with Crippen molar-refractivity contribution in [1.29, 1.82) is 0 Å². The minimum Gasteiger partial charge on any atom is -0.505 e. The van der Waals surface area contributed by atoms with Crippen LogP contribution in [-0.4, -0.2) is 36.4 Å². The van der Waals surface area contributed by atoms with E-state index in [0.29, 0.717) is 27.0 Å². The molecule has 11 heteroatoms. The van der Waals surface area contributed by atoms with Crippen molar-refractivity contribution in [3.63, 3.8) is 0 Å². The zero-order valence-electron chi connectivity index (χ0n) is 22.3. The molecule has 41 heavy (non-hydrogen) atoms. The number of pyridine rings is 1. The number of Topliss-reactive ketones (excluding diaryl/α,β-unsaturated/α-hetero) is 1. The second kappa shape index (κ2) is 10.6. The Morgan fingerprint density at radius 2 is 1.76 bits per heavy atom. The molecule has 1 aliphatic heterocycles. The van der Waals surface area contributed by atoms with E-state index in [9.17, 15) is 19.1 Å². The van der Waals surface area contributed by atoms with E-state index in [4.69, 9.17) is 0 Å². The predicted molar refractivity (Wildman–Crippen MR) is 156 cm³/mol. The molecule has 0 spiro atoms. The van der Waals surface area contributed by atoms with Crippen molar-refractivity contribution in [3.05, 3.63) is 112 Å². The van der Waals surface area contributed by atoms with Crippen molar-refractivity contribution >= 4 is 51.3 Å². The molecule has 2 aromatic carbocycles. The van der Waals surface area contributed by atoms with Crippen molar-refractivity contribution in [2.75, 3.05) is 4.90 Å². The molecule has 1 aliphatic rings. The first-order chi connectivity index (χ1) is 19.7. The molecule has 1 amide bonds. The van der Waals surface area contributed by atoms with Gasteiger partial charge in [0.15, 0.2) is 10.1 Å². The van der Waals surface area contributed by atoms with Crippen LogP contribution >= 0.6 is 23.1 Å². The number of benzene rings is 2. The summed E-state index contributed by atoms with van der Waals surface area (Å²) in [6, 6.07) is 16.3. The Bertz CT molecular complexity index is 1840. The molecule has 0 bridgehead atoms. The van der Waals surface area contributed by atoms with Crippen molar-refractivity contribution in [1.82, 2.24) is 19.6 Å². The number of amides is 1. The summed E-state index contributed by atoms with van der Waals surface area (Å²) in [6.45, 7) is 5.70. The van der Waals surface area contributed by atoms with Crippen LogP contribution in [-0.2, 0) is 15.3 Å². The molecular weight excluding hydrogens is 561 g/mol. The second-order valence-electron chi connectivity index (χ2n) is 9.78. The number of ketones is 1. The van der Waals surface area contributed by atoms with E-state index < -0.39 is 29.3 Å². The van der Waals surface area contributed by atoms with Crippen molar-refractivity contribution in [2.45, 2.75) is 36.9 Å². The molecule has 1 atom stereocenters. The molecule has 5 aromatic rings. The lowest BCUT2D eigenvalue weighted by Gasteiger charge is -2.22. The van der Waals surface area contributed by atoms with Gasteiger partial charge in [-0.2, -0.15) is 0 Å². The maximum absolute atomic E-state index is 13.9. The Morgan fingerprint density at radius 3 is 2.46 bits per heavy atom. The summed E-state index contributed by atoms with van der Waals surface area (Å²) in [6.07, 6.45) is 1.81. The highest BCUT2D eigenvalue weighted by Gasteiger charge is 2.48. The van der Waals surface area contributed by atoms with Crippen LogP contribution < -0.4 is 4.90 Å². The Morgan fingerprint density at radius 1 is 1.02 bits per heavy atom. The van der Waals surface area contributed by atoms with Gasteiger partial charge in [0.1, 0.15) is 17.2 Å². The lowest BCUT2D eigenvalue weighted by Crippen LogP contribution is -2.29. The third-order valence-electron chi connectivity index (χ3n) is 7.02. The SMILES string of the molecule is Cc1ccc(CSc2nnc(N3C(=O)C(=O)/C(=C(/O)c4nc5c(C)cccn5c4C)C3c3ccc(F)cc3)s2)cc1. The van der Waals surface area contributed by atoms with E-state index in [2.05, 4.69) is 15.2 Å². The van der Waals surface area contributed by atoms with Gasteiger partial charge in [0.25, 0.3) is 5.78 Å². The van der Waals surface area contributed by atoms with Crippen LogP contribution in [0.5, 0.6) is 0 Å². The first-order valence-corrected chi connectivity index (χ1v) is 14.6. The number of nitrogens with zero attached hydrogens (tertiary/aromatic N) is 5. The summed E-state index contributed by atoms with van der Waals surface area (Å²) < 4.78 is 16.3. The standard InChI is InChI=1S/C30H24FN5O3S2/c1-16-6-8-19(9-7-16)15-40-30-34-33-29(41-30)36-24(20-10-12-21(31)13-11-20)22(26(38)28(36)39)25(37)23-18(3)35-14-4-5-17(2)27(35)32-23/h4-14,24,37H,15H2,1-3H3/b25-22+. The van der Waals surface area contributed by atoms with E-state index >= 15 is 0 Å². The lowest BCUT2D eigenvalue weighted by atomic mass is 9.96. The number of hydrogen-bond donors (Lipinski definition) is 1. The highest BCUT2D eigenvalue weighted by molar-refractivity contribution is 8.00. The summed E-state index contributed by atoms with van der Waals surface area (Å²) in [4.78, 5) is 32.9. The molecule has 0 aliphatic carbocycles. The van der Waals surface area contributed by atoms with E-state index in [0.717, 1.165) is 11.1 Å². The first-order valence-electron chi connectivity index (χ1n) is 12.8. The number of hydrogen-bond acceptors (Lipinski definition) is 8. The normalized spacial score (nSPS) is 16.7. The molecule has 206 valence electrons. The summed E-state index contributed by atoms with van der Waals surface area (Å²) in [5.74, 6) is -1.96. The van der Waals surface area contributed by atoms with Gasteiger partial charge in [0.2, 0.25) is 5.13 Å². The Labute approximate surface area is 243 Å². The molecule has 8 nitrogen and oxygen atoms in total. The van der Waals surface area contributed by atoms with Gasteiger partial charge < -0.3 is 9.51 Å². The third-order valence-corrected chi connectivity index (χ3v) is 9.15. The lowest BCUT2D eigenvalue weighted by molar-refractivity contribution is -0.132. The van der Waals surface area contributed by atoms with Gasteiger partial charge in [0, 0.05) is 11.9 Å². The average molecular weight is 586 g/mol. The molecule has 1 unspecified atom stereocenters. The highest BCUT2D eigenvalue weighted by Crippen LogP contribution is 2.44. The number of fused-ring (bicyclic) bond motifs is 1. The smallest absolute Gasteiger partial charge is 0.301 e. The van der Waals surface area contributed by atoms with Crippen LogP contribution in [0.1, 0.15) is 39.7 Å². The Hall–Kier alpha value is -4.35. The molecule has 1 N–H and O–H groups in total. The zero-order valence-corrected chi connectivity index (χ0v) is 24.0. The van der Waals surface area contributed by atoms with Gasteiger partial charge in [-0.25, -0.2) is 9.37 Å². The summed E-state index contributed by atoms with van der Waals surface area (Å²) in [5, 5.41) is 20.2. The largest absolute Gasteiger partial charge is 0.505 e. The number of anilines is 1. The van der Waals surface area contributed by atoms with Crippen LogP contribution in [0.25, 0.3) is 11.4 Å². The molecular formula is C30H24FN5O3S2. The van der Waals surface area contributed by atoms with Gasteiger partial charge >= 0.3 is 5.91 Å². The number of aliphatic hydroxyl groups is 1. The highest BCUT2D eigenvalue weighted by atomic mass is 32.2. The average Bonchev–Trinajstić information content (AvgIpc) is 3.64. The van der Waals surface area contributed by atoms with Crippen LogP contribution in [0.3, 0.4) is 0 Å². The molecule has 3 aromatic heterocycles. The molecule has 0 radical (unpaired) electrons. The number of carbonyl (C=O) groups is 2. The number of imidazole rings is 1. The topological polar surface area (TPSA) is 101 Å². The monoisotopic (exact) mass is 585 g/mol. The number of aliphatic hydroxyl groups excluding tert-OH is 1. The van der Waals surface area contributed by atoms with Crippen LogP contribution in [0.15, 0.2) is 76.8 Å². The van der Waals surface area contributed by atoms with Gasteiger partial charge in [-0.1, -0.05) is 71.1 Å². The van der Waals surface area contributed by atoms with E-state index in [-0.39, 0.29) is 16.4 Å². The van der Waals surface area contributed by atoms with Crippen LogP contribution in [0.2, 0.25) is 0 Å². The van der Waals surface area contributed by atoms with Crippen LogP contribution in [0, 0.1) is 26.6 Å². The summed E-state index contributed by atoms with van der Waals surface area (Å²) in [5.41, 5.74) is 4.88. The summed E-state index contributed by atoms with van der Waals surface area (Å²) >= 11 is 2.64. The summed E-state index contributed by atoms with van der Waals surface area (Å²) in [7, 11) is 0. The van der Waals surface area contributed by atoms with Crippen molar-refractivity contribution < 1.29 is 19.1 Å². The van der Waals surface area contributed by atoms with Gasteiger partial charge in [0.05, 0.1) is 17.3 Å². The minimum absolute atomic E-state index is 0.144. The minimum atomic E-state index is -1.05. The van der Waals surface area contributed by atoms with Crippen LogP contribution in [0.4, 0.5) is 9.52 Å². The third kappa shape index (κ3) is 4.81. The van der Waals surface area contributed by atoms with Crippen molar-refractivity contribution in [3.8, 4) is 0 Å². The number of thioether (sulfide) groups is 1. The number of rotatable bonds is 6. The van der Waals surface area contributed by atoms with Gasteiger partial charge in [-0.3, -0.25) is 14.5 Å². The molecule has 6 rings (SSSR count). The fourth-order valence-electron chi connectivity index (χ4n) is 4.85. The van der Waals surface area contributed by atoms with E-state index in [1.165, 1.54) is 57.8 Å².